The van der Waals surface area contributed by atoms with Crippen molar-refractivity contribution in [3.63, 3.8) is 0 Å². The first-order chi connectivity index (χ1) is 13.6. The maximum Gasteiger partial charge on any atom is 0.270 e. The number of benzene rings is 1. The highest BCUT2D eigenvalue weighted by Gasteiger charge is 2.39. The third kappa shape index (κ3) is 5.17. The van der Waals surface area contributed by atoms with Crippen molar-refractivity contribution in [2.24, 2.45) is 0 Å². The molecule has 1 atom stereocenters. The number of hydrogen-bond donors (Lipinski definition) is 2. The van der Waals surface area contributed by atoms with Gasteiger partial charge in [0.05, 0.1) is 17.0 Å². The standard InChI is InChI=1S/C20H25N3O5S/c1-14-4-5-15(2)23(14)22-19(25)16-6-8-17(9-7-16)28-12-18(24)21-20(3)10-11-29(26,27)13-20/h4-9H,10-13H2,1-3H3,(H,21,24)(H,22,25)/t20-/m1/s1. The number of carbonyl (C=O) groups excluding carboxylic acids is 2. The van der Waals surface area contributed by atoms with Gasteiger partial charge in [0, 0.05) is 17.0 Å². The highest BCUT2D eigenvalue weighted by Crippen LogP contribution is 2.22. The van der Waals surface area contributed by atoms with Gasteiger partial charge in [0.25, 0.3) is 11.8 Å². The van der Waals surface area contributed by atoms with Gasteiger partial charge < -0.3 is 10.1 Å². The van der Waals surface area contributed by atoms with Crippen LogP contribution < -0.4 is 15.5 Å². The number of sulfone groups is 1. The summed E-state index contributed by atoms with van der Waals surface area (Å²) in [7, 11) is -3.10. The number of amides is 2. The predicted molar refractivity (Wildman–Crippen MR) is 109 cm³/mol. The summed E-state index contributed by atoms with van der Waals surface area (Å²) in [5, 5.41) is 2.74. The van der Waals surface area contributed by atoms with E-state index in [2.05, 4.69) is 10.7 Å². The van der Waals surface area contributed by atoms with Gasteiger partial charge in [-0.25, -0.2) is 8.42 Å². The van der Waals surface area contributed by atoms with Crippen LogP contribution in [0.3, 0.4) is 0 Å². The summed E-state index contributed by atoms with van der Waals surface area (Å²) in [5.41, 5.74) is 4.37. The molecule has 2 aromatic rings. The van der Waals surface area contributed by atoms with Gasteiger partial charge in [-0.3, -0.25) is 19.7 Å². The highest BCUT2D eigenvalue weighted by molar-refractivity contribution is 7.91. The fraction of sp³-hybridized carbons (Fsp3) is 0.400. The van der Waals surface area contributed by atoms with Crippen LogP contribution in [0.4, 0.5) is 0 Å². The largest absolute Gasteiger partial charge is 0.484 e. The van der Waals surface area contributed by atoms with E-state index >= 15 is 0 Å². The zero-order valence-corrected chi connectivity index (χ0v) is 17.5. The molecule has 0 radical (unpaired) electrons. The average molecular weight is 420 g/mol. The Kier molecular flexibility index (Phi) is 5.70. The molecule has 156 valence electrons. The average Bonchev–Trinajstić information content (AvgIpc) is 3.12. The summed E-state index contributed by atoms with van der Waals surface area (Å²) in [4.78, 5) is 24.5. The smallest absolute Gasteiger partial charge is 0.270 e. The van der Waals surface area contributed by atoms with Crippen molar-refractivity contribution in [3.05, 3.63) is 53.3 Å². The van der Waals surface area contributed by atoms with Crippen LogP contribution in [-0.2, 0) is 14.6 Å². The molecule has 8 nitrogen and oxygen atoms in total. The molecule has 2 amide bonds. The van der Waals surface area contributed by atoms with Crippen LogP contribution in [0.1, 0.15) is 35.1 Å². The molecule has 0 unspecified atom stereocenters. The fourth-order valence-corrected chi connectivity index (χ4v) is 5.44. The lowest BCUT2D eigenvalue weighted by Gasteiger charge is -2.23. The van der Waals surface area contributed by atoms with E-state index in [0.29, 0.717) is 17.7 Å². The molecule has 1 aromatic heterocycles. The Hall–Kier alpha value is -2.81. The third-order valence-electron chi connectivity index (χ3n) is 4.92. The van der Waals surface area contributed by atoms with Crippen LogP contribution in [0, 0.1) is 13.8 Å². The highest BCUT2D eigenvalue weighted by atomic mass is 32.2. The number of aromatic nitrogens is 1. The zero-order chi connectivity index (χ0) is 21.2. The molecule has 1 saturated heterocycles. The van der Waals surface area contributed by atoms with Crippen molar-refractivity contribution in [1.29, 1.82) is 0 Å². The van der Waals surface area contributed by atoms with E-state index in [1.807, 2.05) is 26.0 Å². The van der Waals surface area contributed by atoms with Gasteiger partial charge in [-0.1, -0.05) is 0 Å². The Morgan fingerprint density at radius 1 is 1.10 bits per heavy atom. The molecule has 0 saturated carbocycles. The number of nitrogens with one attached hydrogen (secondary N) is 2. The molecule has 1 fully saturated rings. The van der Waals surface area contributed by atoms with Gasteiger partial charge in [0.1, 0.15) is 5.75 Å². The molecule has 9 heteroatoms. The Balaban J connectivity index is 1.53. The Morgan fingerprint density at radius 2 is 1.72 bits per heavy atom. The number of aryl methyl sites for hydroxylation is 2. The number of nitrogens with zero attached hydrogens (tertiary/aromatic N) is 1. The van der Waals surface area contributed by atoms with Crippen molar-refractivity contribution in [3.8, 4) is 5.75 Å². The van der Waals surface area contributed by atoms with Crippen molar-refractivity contribution in [1.82, 2.24) is 9.99 Å². The van der Waals surface area contributed by atoms with E-state index < -0.39 is 15.4 Å². The Labute approximate surface area is 170 Å². The number of ether oxygens (including phenoxy) is 1. The second kappa shape index (κ2) is 7.90. The first kappa shape index (κ1) is 20.9. The minimum Gasteiger partial charge on any atom is -0.484 e. The summed E-state index contributed by atoms with van der Waals surface area (Å²) < 4.78 is 30.4. The lowest BCUT2D eigenvalue weighted by Crippen LogP contribution is -2.48. The molecule has 0 aliphatic carbocycles. The first-order valence-corrected chi connectivity index (χ1v) is 11.1. The summed E-state index contributed by atoms with van der Waals surface area (Å²) in [6, 6.07) is 10.3. The van der Waals surface area contributed by atoms with Crippen molar-refractivity contribution < 1.29 is 22.7 Å². The number of carbonyl (C=O) groups is 2. The molecular formula is C20H25N3O5S. The lowest BCUT2D eigenvalue weighted by molar-refractivity contribution is -0.124. The van der Waals surface area contributed by atoms with Gasteiger partial charge in [0.15, 0.2) is 16.4 Å². The topological polar surface area (TPSA) is 106 Å². The maximum absolute atomic E-state index is 12.4. The molecule has 1 aliphatic heterocycles. The van der Waals surface area contributed by atoms with Crippen LogP contribution in [0.2, 0.25) is 0 Å². The van der Waals surface area contributed by atoms with E-state index in [1.54, 1.807) is 35.9 Å². The molecular weight excluding hydrogens is 394 g/mol. The summed E-state index contributed by atoms with van der Waals surface area (Å²) >= 11 is 0. The van der Waals surface area contributed by atoms with Crippen LogP contribution in [0.5, 0.6) is 5.75 Å². The summed E-state index contributed by atoms with van der Waals surface area (Å²) in [6.45, 7) is 5.29. The predicted octanol–water partition coefficient (Wildman–Crippen LogP) is 1.56. The van der Waals surface area contributed by atoms with Gasteiger partial charge in [-0.2, -0.15) is 0 Å². The Bertz CT molecular complexity index is 1010. The first-order valence-electron chi connectivity index (χ1n) is 9.28. The molecule has 29 heavy (non-hydrogen) atoms. The molecule has 0 bridgehead atoms. The summed E-state index contributed by atoms with van der Waals surface area (Å²) in [6.07, 6.45) is 0.394. The monoisotopic (exact) mass is 419 g/mol. The number of rotatable bonds is 6. The van der Waals surface area contributed by atoms with Crippen LogP contribution in [0.15, 0.2) is 36.4 Å². The molecule has 2 heterocycles. The SMILES string of the molecule is Cc1ccc(C)n1NC(=O)c1ccc(OCC(=O)N[C@]2(C)CCS(=O)(=O)C2)cc1. The minimum atomic E-state index is -3.10. The normalized spacial score (nSPS) is 20.2. The molecule has 3 rings (SSSR count). The molecule has 1 aromatic carbocycles. The lowest BCUT2D eigenvalue weighted by atomic mass is 10.0. The molecule has 2 N–H and O–H groups in total. The molecule has 0 spiro atoms. The van der Waals surface area contributed by atoms with Gasteiger partial charge >= 0.3 is 0 Å². The van der Waals surface area contributed by atoms with Crippen molar-refractivity contribution in [2.45, 2.75) is 32.7 Å². The fourth-order valence-electron chi connectivity index (χ4n) is 3.34. The third-order valence-corrected chi connectivity index (χ3v) is 6.82. The maximum atomic E-state index is 12.4. The van der Waals surface area contributed by atoms with E-state index in [9.17, 15) is 18.0 Å². The quantitative estimate of drug-likeness (QED) is 0.739. The van der Waals surface area contributed by atoms with Crippen LogP contribution in [-0.4, -0.2) is 48.6 Å². The number of hydrogen-bond acceptors (Lipinski definition) is 5. The minimum absolute atomic E-state index is 0.0596. The van der Waals surface area contributed by atoms with Gasteiger partial charge in [-0.05, 0) is 63.6 Å². The van der Waals surface area contributed by atoms with Gasteiger partial charge in [-0.15, -0.1) is 0 Å². The van der Waals surface area contributed by atoms with E-state index in [1.165, 1.54) is 0 Å². The zero-order valence-electron chi connectivity index (χ0n) is 16.7. The Morgan fingerprint density at radius 3 is 2.28 bits per heavy atom. The van der Waals surface area contributed by atoms with Gasteiger partial charge in [0.2, 0.25) is 0 Å². The summed E-state index contributed by atoms with van der Waals surface area (Å²) in [5.74, 6) is -0.183. The van der Waals surface area contributed by atoms with E-state index in [4.69, 9.17) is 4.74 Å². The molecule has 1 aliphatic rings. The van der Waals surface area contributed by atoms with Crippen LogP contribution in [0.25, 0.3) is 0 Å². The second-order valence-corrected chi connectivity index (χ2v) is 9.84. The van der Waals surface area contributed by atoms with E-state index in [-0.39, 0.29) is 29.9 Å². The van der Waals surface area contributed by atoms with Crippen molar-refractivity contribution in [2.75, 3.05) is 23.5 Å². The van der Waals surface area contributed by atoms with Crippen molar-refractivity contribution >= 4 is 21.7 Å². The van der Waals surface area contributed by atoms with Crippen LogP contribution >= 0.6 is 0 Å². The van der Waals surface area contributed by atoms with E-state index in [0.717, 1.165) is 11.4 Å². The second-order valence-electron chi connectivity index (χ2n) is 7.66.